The summed E-state index contributed by atoms with van der Waals surface area (Å²) in [6.07, 6.45) is 0.685. The van der Waals surface area contributed by atoms with E-state index in [0.29, 0.717) is 19.5 Å². The van der Waals surface area contributed by atoms with Gasteiger partial charge in [0.2, 0.25) is 0 Å². The van der Waals surface area contributed by atoms with Gasteiger partial charge in [-0.25, -0.2) is 0 Å². The summed E-state index contributed by atoms with van der Waals surface area (Å²) in [5.41, 5.74) is 14.5. The minimum absolute atomic E-state index is 0.543. The predicted molar refractivity (Wildman–Crippen MR) is 88.2 cm³/mol. The number of nitrogens with zero attached hydrogens (tertiary/aromatic N) is 3. The molecule has 4 N–H and O–H groups in total. The van der Waals surface area contributed by atoms with E-state index < -0.39 is 0 Å². The van der Waals surface area contributed by atoms with Crippen molar-refractivity contribution >= 4 is 5.69 Å². The minimum atomic E-state index is 0.543. The fourth-order valence-electron chi connectivity index (χ4n) is 2.52. The van der Waals surface area contributed by atoms with Crippen LogP contribution in [0.4, 0.5) is 5.69 Å². The average molecular weight is 293 g/mol. The molecule has 0 aliphatic heterocycles. The third-order valence-corrected chi connectivity index (χ3v) is 3.53. The molecule has 0 aliphatic carbocycles. The third-order valence-electron chi connectivity index (χ3n) is 3.53. The van der Waals surface area contributed by atoms with Crippen molar-refractivity contribution < 1.29 is 0 Å². The van der Waals surface area contributed by atoms with Crippen LogP contribution in [-0.4, -0.2) is 21.3 Å². The minimum Gasteiger partial charge on any atom is -0.399 e. The first-order valence-corrected chi connectivity index (χ1v) is 7.30. The van der Waals surface area contributed by atoms with Gasteiger partial charge in [-0.2, -0.15) is 0 Å². The molecule has 112 valence electrons. The molecule has 1 aromatic heterocycles. The number of nitrogen functional groups attached to an aromatic ring is 1. The van der Waals surface area contributed by atoms with E-state index in [1.165, 1.54) is 0 Å². The van der Waals surface area contributed by atoms with E-state index in [1.807, 2.05) is 54.6 Å². The summed E-state index contributed by atoms with van der Waals surface area (Å²) in [6.45, 7) is 1.23. The summed E-state index contributed by atoms with van der Waals surface area (Å²) < 4.78 is 2.08. The maximum Gasteiger partial charge on any atom is 0.164 e. The van der Waals surface area contributed by atoms with Gasteiger partial charge in [0.25, 0.3) is 0 Å². The molecule has 0 fully saturated rings. The lowest BCUT2D eigenvalue weighted by molar-refractivity contribution is 0.677. The first-order chi connectivity index (χ1) is 10.8. The van der Waals surface area contributed by atoms with Crippen LogP contribution < -0.4 is 11.5 Å². The normalized spacial score (nSPS) is 10.8. The first-order valence-electron chi connectivity index (χ1n) is 7.30. The molecule has 22 heavy (non-hydrogen) atoms. The highest BCUT2D eigenvalue weighted by atomic mass is 15.3. The third kappa shape index (κ3) is 2.99. The second-order valence-electron chi connectivity index (χ2n) is 5.17. The van der Waals surface area contributed by atoms with E-state index in [9.17, 15) is 0 Å². The van der Waals surface area contributed by atoms with Crippen LogP contribution in [0.3, 0.4) is 0 Å². The van der Waals surface area contributed by atoms with Gasteiger partial charge in [0.05, 0.1) is 0 Å². The van der Waals surface area contributed by atoms with Gasteiger partial charge in [0, 0.05) is 30.8 Å². The molecule has 5 heteroatoms. The fourth-order valence-corrected chi connectivity index (χ4v) is 2.52. The van der Waals surface area contributed by atoms with E-state index in [0.717, 1.165) is 28.5 Å². The maximum atomic E-state index is 5.84. The quantitative estimate of drug-likeness (QED) is 0.706. The molecule has 0 atom stereocenters. The molecule has 0 aliphatic rings. The zero-order valence-electron chi connectivity index (χ0n) is 12.3. The summed E-state index contributed by atoms with van der Waals surface area (Å²) in [7, 11) is 0. The average Bonchev–Trinajstić information content (AvgIpc) is 2.91. The van der Waals surface area contributed by atoms with Gasteiger partial charge < -0.3 is 16.0 Å². The van der Waals surface area contributed by atoms with Crippen LogP contribution >= 0.6 is 0 Å². The standard InChI is InChI=1S/C17H19N5/c18-9-10-22-16(12-13-5-4-8-15(19)11-13)20-21-17(22)14-6-2-1-3-7-14/h1-8,11H,9-10,12,18-19H2. The lowest BCUT2D eigenvalue weighted by Gasteiger charge is -2.09. The zero-order valence-corrected chi connectivity index (χ0v) is 12.3. The Morgan fingerprint density at radius 1 is 0.955 bits per heavy atom. The summed E-state index contributed by atoms with van der Waals surface area (Å²) in [5.74, 6) is 1.75. The summed E-state index contributed by atoms with van der Waals surface area (Å²) in [4.78, 5) is 0. The van der Waals surface area contributed by atoms with Gasteiger partial charge in [0.15, 0.2) is 5.82 Å². The molecule has 1 heterocycles. The Bertz CT molecular complexity index is 749. The maximum absolute atomic E-state index is 5.84. The second kappa shape index (κ2) is 6.41. The van der Waals surface area contributed by atoms with E-state index in [4.69, 9.17) is 11.5 Å². The molecule has 3 aromatic rings. The smallest absolute Gasteiger partial charge is 0.164 e. The number of hydrogen-bond acceptors (Lipinski definition) is 4. The largest absolute Gasteiger partial charge is 0.399 e. The highest BCUT2D eigenvalue weighted by Gasteiger charge is 2.13. The monoisotopic (exact) mass is 293 g/mol. The van der Waals surface area contributed by atoms with Crippen molar-refractivity contribution in [3.63, 3.8) is 0 Å². The molecule has 0 saturated carbocycles. The Morgan fingerprint density at radius 2 is 1.77 bits per heavy atom. The molecule has 0 unspecified atom stereocenters. The lowest BCUT2D eigenvalue weighted by Crippen LogP contribution is -2.14. The van der Waals surface area contributed by atoms with Crippen LogP contribution in [0.1, 0.15) is 11.4 Å². The molecule has 0 spiro atoms. The van der Waals surface area contributed by atoms with Gasteiger partial charge >= 0.3 is 0 Å². The number of benzene rings is 2. The van der Waals surface area contributed by atoms with Crippen LogP contribution in [0.5, 0.6) is 0 Å². The summed E-state index contributed by atoms with van der Waals surface area (Å²) in [6, 6.07) is 17.9. The zero-order chi connectivity index (χ0) is 15.4. The molecule has 2 aromatic carbocycles. The van der Waals surface area contributed by atoms with Gasteiger partial charge in [-0.3, -0.25) is 0 Å². The van der Waals surface area contributed by atoms with E-state index >= 15 is 0 Å². The van der Waals surface area contributed by atoms with Crippen LogP contribution in [0.25, 0.3) is 11.4 Å². The highest BCUT2D eigenvalue weighted by Crippen LogP contribution is 2.20. The van der Waals surface area contributed by atoms with Crippen molar-refractivity contribution in [3.05, 3.63) is 66.0 Å². The SMILES string of the molecule is NCCn1c(Cc2cccc(N)c2)nnc1-c1ccccc1. The molecule has 5 nitrogen and oxygen atoms in total. The van der Waals surface area contributed by atoms with Crippen molar-refractivity contribution in [2.45, 2.75) is 13.0 Å². The molecule has 3 rings (SSSR count). The lowest BCUT2D eigenvalue weighted by atomic mass is 10.1. The summed E-state index contributed by atoms with van der Waals surface area (Å²) in [5, 5.41) is 8.70. The van der Waals surface area contributed by atoms with Crippen molar-refractivity contribution in [1.29, 1.82) is 0 Å². The Balaban J connectivity index is 1.96. The van der Waals surface area contributed by atoms with Crippen molar-refractivity contribution in [1.82, 2.24) is 14.8 Å². The molecule has 0 radical (unpaired) electrons. The molecular formula is C17H19N5. The number of aromatic nitrogens is 3. The first kappa shape index (κ1) is 14.3. The number of nitrogens with two attached hydrogens (primary N) is 2. The molecular weight excluding hydrogens is 274 g/mol. The Morgan fingerprint density at radius 3 is 2.50 bits per heavy atom. The number of hydrogen-bond donors (Lipinski definition) is 2. The molecule has 0 bridgehead atoms. The van der Waals surface area contributed by atoms with Gasteiger partial charge in [-0.05, 0) is 17.7 Å². The Labute approximate surface area is 129 Å². The van der Waals surface area contributed by atoms with Crippen LogP contribution in [0, 0.1) is 0 Å². The van der Waals surface area contributed by atoms with Gasteiger partial charge in [-0.15, -0.1) is 10.2 Å². The molecule has 0 amide bonds. The topological polar surface area (TPSA) is 82.8 Å². The molecule has 0 saturated heterocycles. The predicted octanol–water partition coefficient (Wildman–Crippen LogP) is 2.08. The fraction of sp³-hybridized carbons (Fsp3) is 0.176. The van der Waals surface area contributed by atoms with Gasteiger partial charge in [0.1, 0.15) is 5.82 Å². The van der Waals surface area contributed by atoms with E-state index in [1.54, 1.807) is 0 Å². The van der Waals surface area contributed by atoms with E-state index in [-0.39, 0.29) is 0 Å². The second-order valence-corrected chi connectivity index (χ2v) is 5.17. The van der Waals surface area contributed by atoms with Crippen LogP contribution in [-0.2, 0) is 13.0 Å². The highest BCUT2D eigenvalue weighted by molar-refractivity contribution is 5.55. The number of rotatable bonds is 5. The Hall–Kier alpha value is -2.66. The van der Waals surface area contributed by atoms with Crippen molar-refractivity contribution in [2.24, 2.45) is 5.73 Å². The summed E-state index contributed by atoms with van der Waals surface area (Å²) >= 11 is 0. The van der Waals surface area contributed by atoms with Gasteiger partial charge in [-0.1, -0.05) is 42.5 Å². The van der Waals surface area contributed by atoms with Crippen molar-refractivity contribution in [3.8, 4) is 11.4 Å². The van der Waals surface area contributed by atoms with Crippen LogP contribution in [0.15, 0.2) is 54.6 Å². The van der Waals surface area contributed by atoms with Crippen LogP contribution in [0.2, 0.25) is 0 Å². The van der Waals surface area contributed by atoms with Crippen molar-refractivity contribution in [2.75, 3.05) is 12.3 Å². The number of anilines is 1. The van der Waals surface area contributed by atoms with E-state index in [2.05, 4.69) is 14.8 Å². The Kier molecular flexibility index (Phi) is 4.16.